The lowest BCUT2D eigenvalue weighted by Crippen LogP contribution is -2.10. The molecule has 0 N–H and O–H groups in total. The molecular formula is C18H28O2. The van der Waals surface area contributed by atoms with Gasteiger partial charge in [0.05, 0.1) is 0 Å². The largest absolute Gasteiger partial charge is 0.486 e. The Morgan fingerprint density at radius 1 is 0.950 bits per heavy atom. The molecule has 0 saturated heterocycles. The molecule has 0 bridgehead atoms. The van der Waals surface area contributed by atoms with Crippen molar-refractivity contribution in [3.8, 4) is 5.75 Å². The highest BCUT2D eigenvalue weighted by molar-refractivity contribution is 5.79. The van der Waals surface area contributed by atoms with Crippen molar-refractivity contribution in [2.24, 2.45) is 0 Å². The van der Waals surface area contributed by atoms with Crippen molar-refractivity contribution in [1.82, 2.24) is 0 Å². The van der Waals surface area contributed by atoms with E-state index < -0.39 is 0 Å². The lowest BCUT2D eigenvalue weighted by Gasteiger charge is -2.11. The Morgan fingerprint density at radius 3 is 1.95 bits per heavy atom. The van der Waals surface area contributed by atoms with Crippen molar-refractivity contribution in [3.63, 3.8) is 0 Å². The minimum atomic E-state index is 0.152. The first-order chi connectivity index (χ1) is 9.69. The van der Waals surface area contributed by atoms with Gasteiger partial charge in [-0.3, -0.25) is 4.79 Å². The second kappa shape index (κ2) is 9.57. The smallest absolute Gasteiger partial charge is 0.169 e. The Bertz CT molecular complexity index is 384. The van der Waals surface area contributed by atoms with Gasteiger partial charge in [-0.15, -0.1) is 0 Å². The minimum Gasteiger partial charge on any atom is -0.486 e. The molecule has 0 aliphatic carbocycles. The Balaban J connectivity index is 2.76. The van der Waals surface area contributed by atoms with Crippen molar-refractivity contribution < 1.29 is 9.53 Å². The highest BCUT2D eigenvalue weighted by atomic mass is 16.5. The quantitative estimate of drug-likeness (QED) is 0.617. The number of aryl methyl sites for hydroxylation is 2. The van der Waals surface area contributed by atoms with Gasteiger partial charge in [-0.2, -0.15) is 0 Å². The molecule has 0 amide bonds. The number of hydrogen-bond donors (Lipinski definition) is 0. The normalized spacial score (nSPS) is 10.6. The van der Waals surface area contributed by atoms with Crippen LogP contribution in [0.4, 0.5) is 0 Å². The third-order valence-electron chi connectivity index (χ3n) is 3.46. The SMILES string of the molecule is CCCCc1cc(CCCC)cc(OCC(=O)CC)c1. The average molecular weight is 276 g/mol. The van der Waals surface area contributed by atoms with Gasteiger partial charge < -0.3 is 4.74 Å². The van der Waals surface area contributed by atoms with Crippen LogP contribution >= 0.6 is 0 Å². The standard InChI is InChI=1S/C18H28O2/c1-4-7-9-15-11-16(10-8-5-2)13-18(12-15)20-14-17(19)6-3/h11-13H,4-10,14H2,1-3H3. The van der Waals surface area contributed by atoms with E-state index in [9.17, 15) is 4.79 Å². The molecule has 1 rings (SSSR count). The maximum Gasteiger partial charge on any atom is 0.169 e. The number of carbonyl (C=O) groups is 1. The number of benzene rings is 1. The summed E-state index contributed by atoms with van der Waals surface area (Å²) >= 11 is 0. The summed E-state index contributed by atoms with van der Waals surface area (Å²) in [6, 6.07) is 6.47. The highest BCUT2D eigenvalue weighted by Gasteiger charge is 2.05. The second-order valence-corrected chi connectivity index (χ2v) is 5.37. The van der Waals surface area contributed by atoms with E-state index in [1.54, 1.807) is 0 Å². The molecule has 0 radical (unpaired) electrons. The summed E-state index contributed by atoms with van der Waals surface area (Å²) < 4.78 is 5.65. The van der Waals surface area contributed by atoms with Crippen molar-refractivity contribution in [2.75, 3.05) is 6.61 Å². The fourth-order valence-corrected chi connectivity index (χ4v) is 2.13. The third kappa shape index (κ3) is 6.23. The summed E-state index contributed by atoms with van der Waals surface area (Å²) in [7, 11) is 0. The van der Waals surface area contributed by atoms with Gasteiger partial charge in [-0.25, -0.2) is 0 Å². The first kappa shape index (κ1) is 16.7. The summed E-state index contributed by atoms with van der Waals surface area (Å²) in [6.07, 6.45) is 7.52. The fraction of sp³-hybridized carbons (Fsp3) is 0.611. The van der Waals surface area contributed by atoms with Crippen LogP contribution in [0.5, 0.6) is 5.75 Å². The zero-order valence-corrected chi connectivity index (χ0v) is 13.2. The van der Waals surface area contributed by atoms with Crippen molar-refractivity contribution in [1.29, 1.82) is 0 Å². The predicted octanol–water partition coefficient (Wildman–Crippen LogP) is 4.73. The zero-order valence-electron chi connectivity index (χ0n) is 13.2. The molecule has 0 fully saturated rings. The molecule has 0 spiro atoms. The number of hydrogen-bond acceptors (Lipinski definition) is 2. The minimum absolute atomic E-state index is 0.152. The Kier molecular flexibility index (Phi) is 8.01. The first-order valence-corrected chi connectivity index (χ1v) is 7.96. The molecule has 2 heteroatoms. The van der Waals surface area contributed by atoms with Gasteiger partial charge in [-0.05, 0) is 48.9 Å². The third-order valence-corrected chi connectivity index (χ3v) is 3.46. The van der Waals surface area contributed by atoms with E-state index in [1.807, 2.05) is 6.92 Å². The average Bonchev–Trinajstić information content (AvgIpc) is 2.48. The van der Waals surface area contributed by atoms with Gasteiger partial charge in [0.1, 0.15) is 12.4 Å². The van der Waals surface area contributed by atoms with Crippen LogP contribution in [0.1, 0.15) is 64.0 Å². The number of ketones is 1. The van der Waals surface area contributed by atoms with Gasteiger partial charge in [0, 0.05) is 6.42 Å². The van der Waals surface area contributed by atoms with E-state index in [1.165, 1.54) is 36.8 Å². The molecule has 0 aliphatic heterocycles. The van der Waals surface area contributed by atoms with Gasteiger partial charge in [0.2, 0.25) is 0 Å². The zero-order chi connectivity index (χ0) is 14.8. The highest BCUT2D eigenvalue weighted by Crippen LogP contribution is 2.20. The molecule has 0 heterocycles. The lowest BCUT2D eigenvalue weighted by molar-refractivity contribution is -0.120. The van der Waals surface area contributed by atoms with Gasteiger partial charge in [0.25, 0.3) is 0 Å². The van der Waals surface area contributed by atoms with Crippen LogP contribution < -0.4 is 4.74 Å². The van der Waals surface area contributed by atoms with E-state index in [0.29, 0.717) is 6.42 Å². The van der Waals surface area contributed by atoms with Crippen LogP contribution in [-0.2, 0) is 17.6 Å². The molecule has 0 aromatic heterocycles. The van der Waals surface area contributed by atoms with Crippen molar-refractivity contribution in [3.05, 3.63) is 29.3 Å². The maximum atomic E-state index is 11.4. The van der Waals surface area contributed by atoms with Gasteiger partial charge in [0.15, 0.2) is 5.78 Å². The molecule has 1 aromatic rings. The second-order valence-electron chi connectivity index (χ2n) is 5.37. The first-order valence-electron chi connectivity index (χ1n) is 7.96. The van der Waals surface area contributed by atoms with E-state index in [-0.39, 0.29) is 12.4 Å². The van der Waals surface area contributed by atoms with E-state index >= 15 is 0 Å². The predicted molar refractivity (Wildman–Crippen MR) is 84.5 cm³/mol. The lowest BCUT2D eigenvalue weighted by atomic mass is 10.0. The number of ether oxygens (including phenoxy) is 1. The molecule has 20 heavy (non-hydrogen) atoms. The number of unbranched alkanes of at least 4 members (excludes halogenated alkanes) is 2. The number of Topliss-reactive ketones (excluding diaryl/α,β-unsaturated/α-hetero) is 1. The maximum absolute atomic E-state index is 11.4. The molecule has 0 saturated carbocycles. The van der Waals surface area contributed by atoms with Gasteiger partial charge in [-0.1, -0.05) is 39.7 Å². The van der Waals surface area contributed by atoms with E-state index in [2.05, 4.69) is 32.0 Å². The molecule has 0 unspecified atom stereocenters. The van der Waals surface area contributed by atoms with Crippen LogP contribution in [0.2, 0.25) is 0 Å². The number of rotatable bonds is 10. The molecule has 112 valence electrons. The molecule has 0 atom stereocenters. The van der Waals surface area contributed by atoms with E-state index in [4.69, 9.17) is 4.74 Å². The molecular weight excluding hydrogens is 248 g/mol. The molecule has 0 aliphatic rings. The Hall–Kier alpha value is -1.31. The van der Waals surface area contributed by atoms with Crippen LogP contribution in [0, 0.1) is 0 Å². The summed E-state index contributed by atoms with van der Waals surface area (Å²) in [5.74, 6) is 1.01. The monoisotopic (exact) mass is 276 g/mol. The summed E-state index contributed by atoms with van der Waals surface area (Å²) in [5.41, 5.74) is 2.67. The number of carbonyl (C=O) groups excluding carboxylic acids is 1. The van der Waals surface area contributed by atoms with Gasteiger partial charge >= 0.3 is 0 Å². The van der Waals surface area contributed by atoms with Crippen LogP contribution in [0.25, 0.3) is 0 Å². The summed E-state index contributed by atoms with van der Waals surface area (Å²) in [4.78, 5) is 11.4. The van der Waals surface area contributed by atoms with Crippen LogP contribution in [-0.4, -0.2) is 12.4 Å². The van der Waals surface area contributed by atoms with Crippen LogP contribution in [0.3, 0.4) is 0 Å². The molecule has 2 nitrogen and oxygen atoms in total. The van der Waals surface area contributed by atoms with Crippen LogP contribution in [0.15, 0.2) is 18.2 Å². The van der Waals surface area contributed by atoms with Crippen molar-refractivity contribution in [2.45, 2.75) is 65.7 Å². The summed E-state index contributed by atoms with van der Waals surface area (Å²) in [6.45, 7) is 6.48. The fourth-order valence-electron chi connectivity index (χ4n) is 2.13. The van der Waals surface area contributed by atoms with E-state index in [0.717, 1.165) is 18.6 Å². The Morgan fingerprint density at radius 2 is 1.50 bits per heavy atom. The van der Waals surface area contributed by atoms with Crippen molar-refractivity contribution >= 4 is 5.78 Å². The Labute approximate surface area is 123 Å². The molecule has 1 aromatic carbocycles. The summed E-state index contributed by atoms with van der Waals surface area (Å²) in [5, 5.41) is 0. The topological polar surface area (TPSA) is 26.3 Å².